The van der Waals surface area contributed by atoms with Crippen molar-refractivity contribution in [2.24, 2.45) is 5.92 Å². The number of nitrogens with zero attached hydrogens (tertiary/aromatic N) is 1. The predicted molar refractivity (Wildman–Crippen MR) is 66.5 cm³/mol. The Hall–Kier alpha value is -0.610. The molecule has 0 aromatic rings. The summed E-state index contributed by atoms with van der Waals surface area (Å²) in [5.41, 5.74) is 0. The summed E-state index contributed by atoms with van der Waals surface area (Å²) in [6, 6.07) is 0.301. The molecule has 0 aromatic carbocycles. The van der Waals surface area contributed by atoms with Gasteiger partial charge in [-0.1, -0.05) is 20.8 Å². The Morgan fingerprint density at radius 2 is 2.29 bits per heavy atom. The van der Waals surface area contributed by atoms with E-state index in [1.807, 2.05) is 0 Å². The van der Waals surface area contributed by atoms with Gasteiger partial charge in [-0.15, -0.1) is 0 Å². The Kier molecular flexibility index (Phi) is 4.05. The SMILES string of the molecule is CCC1NC(CC(C)C)N(C2CCOC2)C1=O. The van der Waals surface area contributed by atoms with E-state index in [2.05, 4.69) is 31.0 Å². The molecule has 0 radical (unpaired) electrons. The van der Waals surface area contributed by atoms with Gasteiger partial charge in [0.25, 0.3) is 0 Å². The predicted octanol–water partition coefficient (Wildman–Crippen LogP) is 1.36. The maximum absolute atomic E-state index is 12.3. The second-order valence-corrected chi connectivity index (χ2v) is 5.54. The van der Waals surface area contributed by atoms with Crippen molar-refractivity contribution < 1.29 is 9.53 Å². The van der Waals surface area contributed by atoms with E-state index in [4.69, 9.17) is 4.74 Å². The van der Waals surface area contributed by atoms with Crippen molar-refractivity contribution in [3.63, 3.8) is 0 Å². The lowest BCUT2D eigenvalue weighted by atomic mass is 10.1. The second kappa shape index (κ2) is 5.36. The van der Waals surface area contributed by atoms with E-state index in [1.54, 1.807) is 0 Å². The molecule has 0 aromatic heterocycles. The smallest absolute Gasteiger partial charge is 0.241 e. The van der Waals surface area contributed by atoms with Gasteiger partial charge in [0.05, 0.1) is 24.9 Å². The van der Waals surface area contributed by atoms with Crippen LogP contribution in [0.5, 0.6) is 0 Å². The molecule has 1 N–H and O–H groups in total. The first-order chi connectivity index (χ1) is 8.13. The lowest BCUT2D eigenvalue weighted by Crippen LogP contribution is -2.45. The Morgan fingerprint density at radius 3 is 2.82 bits per heavy atom. The van der Waals surface area contributed by atoms with Crippen molar-refractivity contribution in [1.29, 1.82) is 0 Å². The van der Waals surface area contributed by atoms with Crippen LogP contribution in [0.15, 0.2) is 0 Å². The molecule has 2 aliphatic rings. The number of carbonyl (C=O) groups is 1. The summed E-state index contributed by atoms with van der Waals surface area (Å²) >= 11 is 0. The second-order valence-electron chi connectivity index (χ2n) is 5.54. The Morgan fingerprint density at radius 1 is 1.53 bits per heavy atom. The van der Waals surface area contributed by atoms with E-state index in [1.165, 1.54) is 0 Å². The van der Waals surface area contributed by atoms with E-state index in [-0.39, 0.29) is 24.2 Å². The summed E-state index contributed by atoms with van der Waals surface area (Å²) in [5, 5.41) is 3.47. The molecule has 0 spiro atoms. The quantitative estimate of drug-likeness (QED) is 0.806. The van der Waals surface area contributed by atoms with Crippen molar-refractivity contribution in [1.82, 2.24) is 10.2 Å². The number of carbonyl (C=O) groups excluding carboxylic acids is 1. The van der Waals surface area contributed by atoms with Crippen molar-refractivity contribution in [3.05, 3.63) is 0 Å². The van der Waals surface area contributed by atoms with Crippen molar-refractivity contribution in [2.75, 3.05) is 13.2 Å². The summed E-state index contributed by atoms with van der Waals surface area (Å²) in [5.74, 6) is 0.870. The molecule has 2 saturated heterocycles. The van der Waals surface area contributed by atoms with Gasteiger partial charge in [0.15, 0.2) is 0 Å². The van der Waals surface area contributed by atoms with Gasteiger partial charge < -0.3 is 9.64 Å². The molecule has 1 amide bonds. The standard InChI is InChI=1S/C13H24N2O2/c1-4-11-13(16)15(10-5-6-17-8-10)12(14-11)7-9(2)3/h9-12,14H,4-8H2,1-3H3. The Labute approximate surface area is 104 Å². The third kappa shape index (κ3) is 2.63. The van der Waals surface area contributed by atoms with Gasteiger partial charge in [0, 0.05) is 6.61 Å². The molecule has 0 aliphatic carbocycles. The molecule has 2 heterocycles. The van der Waals surface area contributed by atoms with Crippen LogP contribution < -0.4 is 5.32 Å². The molecule has 3 unspecified atom stereocenters. The highest BCUT2D eigenvalue weighted by atomic mass is 16.5. The van der Waals surface area contributed by atoms with Crippen LogP contribution in [0.1, 0.15) is 40.0 Å². The van der Waals surface area contributed by atoms with Crippen LogP contribution in [-0.2, 0) is 9.53 Å². The van der Waals surface area contributed by atoms with Crippen LogP contribution in [-0.4, -0.2) is 42.3 Å². The molecule has 2 fully saturated rings. The fourth-order valence-electron chi connectivity index (χ4n) is 2.81. The number of rotatable bonds is 4. The summed E-state index contributed by atoms with van der Waals surface area (Å²) in [6.45, 7) is 7.97. The van der Waals surface area contributed by atoms with Crippen molar-refractivity contribution in [3.8, 4) is 0 Å². The van der Waals surface area contributed by atoms with Crippen molar-refractivity contribution in [2.45, 2.75) is 58.3 Å². The van der Waals surface area contributed by atoms with Gasteiger partial charge in [-0.3, -0.25) is 10.1 Å². The Bertz CT molecular complexity index is 275. The zero-order valence-corrected chi connectivity index (χ0v) is 11.1. The normalized spacial score (nSPS) is 34.0. The molecule has 4 heteroatoms. The number of amides is 1. The summed E-state index contributed by atoms with van der Waals surface area (Å²) in [6.07, 6.45) is 3.09. The highest BCUT2D eigenvalue weighted by Gasteiger charge is 2.42. The average Bonchev–Trinajstić information content (AvgIpc) is 2.85. The molecule has 2 aliphatic heterocycles. The highest BCUT2D eigenvalue weighted by Crippen LogP contribution is 2.25. The minimum atomic E-state index is 0.0133. The molecule has 0 bridgehead atoms. The molecule has 0 saturated carbocycles. The van der Waals surface area contributed by atoms with E-state index >= 15 is 0 Å². The first-order valence-electron chi connectivity index (χ1n) is 6.79. The van der Waals surface area contributed by atoms with Crippen LogP contribution in [0.4, 0.5) is 0 Å². The summed E-state index contributed by atoms with van der Waals surface area (Å²) in [4.78, 5) is 14.4. The lowest BCUT2D eigenvalue weighted by Gasteiger charge is -2.30. The average molecular weight is 240 g/mol. The number of hydrogen-bond acceptors (Lipinski definition) is 3. The van der Waals surface area contributed by atoms with Crippen LogP contribution in [0.2, 0.25) is 0 Å². The van der Waals surface area contributed by atoms with E-state index < -0.39 is 0 Å². The third-order valence-electron chi connectivity index (χ3n) is 3.68. The summed E-state index contributed by atoms with van der Waals surface area (Å²) < 4.78 is 5.42. The van der Waals surface area contributed by atoms with Crippen LogP contribution in [0, 0.1) is 5.92 Å². The fourth-order valence-corrected chi connectivity index (χ4v) is 2.81. The minimum absolute atomic E-state index is 0.0133. The first kappa shape index (κ1) is 12.8. The van der Waals surface area contributed by atoms with Gasteiger partial charge in [0.2, 0.25) is 5.91 Å². The van der Waals surface area contributed by atoms with Gasteiger partial charge >= 0.3 is 0 Å². The van der Waals surface area contributed by atoms with Gasteiger partial charge in [-0.05, 0) is 25.2 Å². The maximum Gasteiger partial charge on any atom is 0.241 e. The topological polar surface area (TPSA) is 41.6 Å². The molecule has 4 nitrogen and oxygen atoms in total. The monoisotopic (exact) mass is 240 g/mol. The van der Waals surface area contributed by atoms with Gasteiger partial charge in [-0.2, -0.15) is 0 Å². The molecule has 2 rings (SSSR count). The van der Waals surface area contributed by atoms with E-state index in [9.17, 15) is 4.79 Å². The molecule has 3 atom stereocenters. The molecule has 98 valence electrons. The number of ether oxygens (including phenoxy) is 1. The van der Waals surface area contributed by atoms with Gasteiger partial charge in [0.1, 0.15) is 0 Å². The van der Waals surface area contributed by atoms with E-state index in [0.717, 1.165) is 25.9 Å². The zero-order valence-electron chi connectivity index (χ0n) is 11.1. The van der Waals surface area contributed by atoms with Crippen molar-refractivity contribution >= 4 is 5.91 Å². The zero-order chi connectivity index (χ0) is 12.4. The molecular weight excluding hydrogens is 216 g/mol. The largest absolute Gasteiger partial charge is 0.379 e. The highest BCUT2D eigenvalue weighted by molar-refractivity contribution is 5.84. The minimum Gasteiger partial charge on any atom is -0.379 e. The van der Waals surface area contributed by atoms with Crippen LogP contribution in [0.25, 0.3) is 0 Å². The molecular formula is C13H24N2O2. The molecule has 17 heavy (non-hydrogen) atoms. The first-order valence-corrected chi connectivity index (χ1v) is 6.79. The summed E-state index contributed by atoms with van der Waals surface area (Å²) in [7, 11) is 0. The van der Waals surface area contributed by atoms with Crippen LogP contribution in [0.3, 0.4) is 0 Å². The lowest BCUT2D eigenvalue weighted by molar-refractivity contribution is -0.132. The Balaban J connectivity index is 2.09. The van der Waals surface area contributed by atoms with Crippen LogP contribution >= 0.6 is 0 Å². The van der Waals surface area contributed by atoms with Gasteiger partial charge in [-0.25, -0.2) is 0 Å². The number of nitrogens with one attached hydrogen (secondary N) is 1. The maximum atomic E-state index is 12.3. The fraction of sp³-hybridized carbons (Fsp3) is 0.923. The third-order valence-corrected chi connectivity index (χ3v) is 3.68. The van der Waals surface area contributed by atoms with E-state index in [0.29, 0.717) is 12.5 Å². The number of hydrogen-bond donors (Lipinski definition) is 1.